The fraction of sp³-hybridized carbons (Fsp3) is 0.0588. The largest absolute Gasteiger partial charge is 0.392 e. The lowest BCUT2D eigenvalue weighted by atomic mass is 9.94. The van der Waals surface area contributed by atoms with Gasteiger partial charge in [0.15, 0.2) is 0 Å². The fourth-order valence-corrected chi connectivity index (χ4v) is 2.41. The van der Waals surface area contributed by atoms with Crippen molar-refractivity contribution in [2.24, 2.45) is 0 Å². The van der Waals surface area contributed by atoms with Crippen molar-refractivity contribution in [2.75, 3.05) is 0 Å². The molecule has 0 unspecified atom stereocenters. The normalized spacial score (nSPS) is 10.8. The molecule has 0 bridgehead atoms. The third kappa shape index (κ3) is 2.11. The van der Waals surface area contributed by atoms with Crippen LogP contribution in [0.15, 0.2) is 60.7 Å². The summed E-state index contributed by atoms with van der Waals surface area (Å²) in [4.78, 5) is 0. The summed E-state index contributed by atoms with van der Waals surface area (Å²) >= 11 is 0. The lowest BCUT2D eigenvalue weighted by Gasteiger charge is -2.11. The Morgan fingerprint density at radius 1 is 0.842 bits per heavy atom. The summed E-state index contributed by atoms with van der Waals surface area (Å²) in [5.74, 6) is -0.255. The minimum Gasteiger partial charge on any atom is -0.392 e. The molecule has 2 heteroatoms. The first kappa shape index (κ1) is 11.9. The van der Waals surface area contributed by atoms with Crippen LogP contribution >= 0.6 is 0 Å². The monoisotopic (exact) mass is 252 g/mol. The highest BCUT2D eigenvalue weighted by molar-refractivity contribution is 5.91. The molecule has 0 spiro atoms. The molecular formula is C17H13FO. The van der Waals surface area contributed by atoms with Gasteiger partial charge in [-0.3, -0.25) is 0 Å². The van der Waals surface area contributed by atoms with Crippen molar-refractivity contribution in [3.8, 4) is 11.1 Å². The minimum atomic E-state index is -0.255. The SMILES string of the molecule is OCc1c(-c2ccc(F)cc2)ccc2ccccc12. The quantitative estimate of drug-likeness (QED) is 0.726. The standard InChI is InChI=1S/C17H13FO/c18-14-8-5-13(6-9-14)16-10-7-12-3-1-2-4-15(12)17(16)11-19/h1-10,19H,11H2. The molecular weight excluding hydrogens is 239 g/mol. The van der Waals surface area contributed by atoms with Crippen molar-refractivity contribution >= 4 is 10.8 Å². The molecule has 0 saturated carbocycles. The van der Waals surface area contributed by atoms with Crippen LogP contribution in [-0.4, -0.2) is 5.11 Å². The Hall–Kier alpha value is -2.19. The second-order valence-electron chi connectivity index (χ2n) is 4.48. The Kier molecular flexibility index (Phi) is 3.02. The third-order valence-electron chi connectivity index (χ3n) is 3.35. The summed E-state index contributed by atoms with van der Waals surface area (Å²) in [6.45, 7) is -0.0337. The molecule has 0 amide bonds. The Morgan fingerprint density at radius 3 is 2.32 bits per heavy atom. The van der Waals surface area contributed by atoms with Crippen molar-refractivity contribution < 1.29 is 9.50 Å². The van der Waals surface area contributed by atoms with Crippen LogP contribution in [0.3, 0.4) is 0 Å². The summed E-state index contributed by atoms with van der Waals surface area (Å²) in [6.07, 6.45) is 0. The second-order valence-corrected chi connectivity index (χ2v) is 4.48. The Balaban J connectivity index is 2.26. The first-order valence-corrected chi connectivity index (χ1v) is 6.17. The Bertz CT molecular complexity index is 717. The van der Waals surface area contributed by atoms with Crippen LogP contribution in [0.5, 0.6) is 0 Å². The molecule has 0 atom stereocenters. The zero-order chi connectivity index (χ0) is 13.2. The topological polar surface area (TPSA) is 20.2 Å². The van der Waals surface area contributed by atoms with Gasteiger partial charge in [0.2, 0.25) is 0 Å². The van der Waals surface area contributed by atoms with Crippen LogP contribution in [0.2, 0.25) is 0 Å². The molecule has 0 aliphatic rings. The molecule has 0 aromatic heterocycles. The van der Waals surface area contributed by atoms with Crippen molar-refractivity contribution in [1.29, 1.82) is 0 Å². The average Bonchev–Trinajstić information content (AvgIpc) is 2.47. The zero-order valence-electron chi connectivity index (χ0n) is 10.3. The number of halogens is 1. The van der Waals surface area contributed by atoms with Gasteiger partial charge in [0, 0.05) is 0 Å². The van der Waals surface area contributed by atoms with E-state index in [1.807, 2.05) is 36.4 Å². The predicted octanol–water partition coefficient (Wildman–Crippen LogP) is 4.14. The van der Waals surface area contributed by atoms with Gasteiger partial charge in [-0.1, -0.05) is 48.5 Å². The summed E-state index contributed by atoms with van der Waals surface area (Å²) in [6, 6.07) is 18.3. The first-order valence-electron chi connectivity index (χ1n) is 6.17. The number of hydrogen-bond donors (Lipinski definition) is 1. The van der Waals surface area contributed by atoms with Crippen LogP contribution in [0, 0.1) is 5.82 Å². The van der Waals surface area contributed by atoms with Gasteiger partial charge in [0.1, 0.15) is 5.82 Å². The minimum absolute atomic E-state index is 0.0337. The van der Waals surface area contributed by atoms with Crippen LogP contribution in [0.25, 0.3) is 21.9 Å². The molecule has 0 saturated heterocycles. The van der Waals surface area contributed by atoms with E-state index in [1.165, 1.54) is 12.1 Å². The van der Waals surface area contributed by atoms with E-state index in [9.17, 15) is 9.50 Å². The van der Waals surface area contributed by atoms with Gasteiger partial charge >= 0.3 is 0 Å². The molecule has 19 heavy (non-hydrogen) atoms. The van der Waals surface area contributed by atoms with E-state index < -0.39 is 0 Å². The average molecular weight is 252 g/mol. The van der Waals surface area contributed by atoms with Crippen molar-refractivity contribution in [2.45, 2.75) is 6.61 Å². The van der Waals surface area contributed by atoms with E-state index in [4.69, 9.17) is 0 Å². The van der Waals surface area contributed by atoms with Gasteiger partial charge in [-0.05, 0) is 39.6 Å². The highest BCUT2D eigenvalue weighted by atomic mass is 19.1. The van der Waals surface area contributed by atoms with E-state index in [2.05, 4.69) is 0 Å². The maximum absolute atomic E-state index is 13.0. The first-order chi connectivity index (χ1) is 9.29. The van der Waals surface area contributed by atoms with Crippen molar-refractivity contribution in [3.63, 3.8) is 0 Å². The van der Waals surface area contributed by atoms with E-state index in [0.717, 1.165) is 27.5 Å². The van der Waals surface area contributed by atoms with E-state index in [-0.39, 0.29) is 12.4 Å². The molecule has 3 aromatic rings. The molecule has 0 radical (unpaired) electrons. The molecule has 3 rings (SSSR count). The summed E-state index contributed by atoms with van der Waals surface area (Å²) in [5, 5.41) is 11.8. The molecule has 0 fully saturated rings. The van der Waals surface area contributed by atoms with Gasteiger partial charge in [-0.2, -0.15) is 0 Å². The fourth-order valence-electron chi connectivity index (χ4n) is 2.41. The molecule has 3 aromatic carbocycles. The van der Waals surface area contributed by atoms with Crippen molar-refractivity contribution in [3.05, 3.63) is 72.0 Å². The number of fused-ring (bicyclic) bond motifs is 1. The lowest BCUT2D eigenvalue weighted by molar-refractivity contribution is 0.284. The summed E-state index contributed by atoms with van der Waals surface area (Å²) in [5.41, 5.74) is 2.74. The maximum Gasteiger partial charge on any atom is 0.123 e. The van der Waals surface area contributed by atoms with Crippen LogP contribution < -0.4 is 0 Å². The van der Waals surface area contributed by atoms with Crippen LogP contribution in [0.4, 0.5) is 4.39 Å². The van der Waals surface area contributed by atoms with Gasteiger partial charge in [-0.25, -0.2) is 4.39 Å². The molecule has 0 aliphatic carbocycles. The van der Waals surface area contributed by atoms with Gasteiger partial charge in [-0.15, -0.1) is 0 Å². The number of aliphatic hydroxyl groups excluding tert-OH is 1. The highest BCUT2D eigenvalue weighted by Crippen LogP contribution is 2.30. The Labute approximate surface area is 110 Å². The number of benzene rings is 3. The molecule has 1 N–H and O–H groups in total. The number of rotatable bonds is 2. The lowest BCUT2D eigenvalue weighted by Crippen LogP contribution is -1.92. The number of aliphatic hydroxyl groups is 1. The van der Waals surface area contributed by atoms with Crippen LogP contribution in [-0.2, 0) is 6.61 Å². The summed E-state index contributed by atoms with van der Waals surface area (Å²) in [7, 11) is 0. The van der Waals surface area contributed by atoms with Crippen LogP contribution in [0.1, 0.15) is 5.56 Å². The molecule has 0 heterocycles. The van der Waals surface area contributed by atoms with E-state index in [1.54, 1.807) is 12.1 Å². The van der Waals surface area contributed by atoms with E-state index >= 15 is 0 Å². The Morgan fingerprint density at radius 2 is 1.58 bits per heavy atom. The third-order valence-corrected chi connectivity index (χ3v) is 3.35. The van der Waals surface area contributed by atoms with Gasteiger partial charge in [0.05, 0.1) is 6.61 Å². The van der Waals surface area contributed by atoms with Gasteiger partial charge in [0.25, 0.3) is 0 Å². The van der Waals surface area contributed by atoms with Gasteiger partial charge < -0.3 is 5.11 Å². The summed E-state index contributed by atoms with van der Waals surface area (Å²) < 4.78 is 13.0. The highest BCUT2D eigenvalue weighted by Gasteiger charge is 2.08. The molecule has 94 valence electrons. The number of hydrogen-bond acceptors (Lipinski definition) is 1. The smallest absolute Gasteiger partial charge is 0.123 e. The molecule has 1 nitrogen and oxygen atoms in total. The van der Waals surface area contributed by atoms with Crippen molar-refractivity contribution in [1.82, 2.24) is 0 Å². The molecule has 0 aliphatic heterocycles. The maximum atomic E-state index is 13.0. The zero-order valence-corrected chi connectivity index (χ0v) is 10.3. The predicted molar refractivity (Wildman–Crippen MR) is 75.3 cm³/mol. The second kappa shape index (κ2) is 4.82. The van der Waals surface area contributed by atoms with E-state index in [0.29, 0.717) is 0 Å².